The zero-order chi connectivity index (χ0) is 21.9. The van der Waals surface area contributed by atoms with Crippen LogP contribution in [-0.4, -0.2) is 30.8 Å². The van der Waals surface area contributed by atoms with Gasteiger partial charge in [-0.1, -0.05) is 18.2 Å². The molecule has 7 nitrogen and oxygen atoms in total. The van der Waals surface area contributed by atoms with E-state index >= 15 is 0 Å². The topological polar surface area (TPSA) is 102 Å². The number of halogens is 2. The minimum Gasteiger partial charge on any atom is -0.347 e. The van der Waals surface area contributed by atoms with Crippen LogP contribution in [0, 0.1) is 23.0 Å². The van der Waals surface area contributed by atoms with Gasteiger partial charge in [0.25, 0.3) is 0 Å². The van der Waals surface area contributed by atoms with E-state index in [9.17, 15) is 23.2 Å². The Labute approximate surface area is 172 Å². The first-order valence-electron chi connectivity index (χ1n) is 9.14. The van der Waals surface area contributed by atoms with Gasteiger partial charge in [-0.05, 0) is 24.3 Å². The molecule has 0 spiro atoms. The molecule has 3 amide bonds. The number of anilines is 2. The van der Waals surface area contributed by atoms with Crippen LogP contribution >= 0.6 is 0 Å². The maximum Gasteiger partial charge on any atom is 0.243 e. The summed E-state index contributed by atoms with van der Waals surface area (Å²) in [6.45, 7) is -0.180. The first kappa shape index (κ1) is 22.5. The van der Waals surface area contributed by atoms with Crippen LogP contribution in [0.1, 0.15) is 19.3 Å². The SMILES string of the molecule is N#CCCN(C(=O)CCC(=O)NCC(=O)Nc1ccc(F)c(F)c1)c1ccccc1. The largest absolute Gasteiger partial charge is 0.347 e. The quantitative estimate of drug-likeness (QED) is 0.659. The number of amides is 3. The van der Waals surface area contributed by atoms with E-state index in [-0.39, 0.29) is 43.9 Å². The maximum absolute atomic E-state index is 13.1. The van der Waals surface area contributed by atoms with Gasteiger partial charge in [-0.3, -0.25) is 14.4 Å². The third-order valence-corrected chi connectivity index (χ3v) is 4.03. The van der Waals surface area contributed by atoms with Crippen molar-refractivity contribution in [3.05, 3.63) is 60.2 Å². The molecule has 0 saturated carbocycles. The molecule has 0 fully saturated rings. The average Bonchev–Trinajstić information content (AvgIpc) is 2.74. The monoisotopic (exact) mass is 414 g/mol. The van der Waals surface area contributed by atoms with E-state index in [1.54, 1.807) is 30.3 Å². The third-order valence-electron chi connectivity index (χ3n) is 4.03. The van der Waals surface area contributed by atoms with Crippen LogP contribution in [0.2, 0.25) is 0 Å². The Kier molecular flexibility index (Phi) is 8.44. The number of hydrogen-bond donors (Lipinski definition) is 2. The van der Waals surface area contributed by atoms with E-state index < -0.39 is 23.4 Å². The van der Waals surface area contributed by atoms with Crippen molar-refractivity contribution in [3.63, 3.8) is 0 Å². The van der Waals surface area contributed by atoms with E-state index in [0.29, 0.717) is 5.69 Å². The van der Waals surface area contributed by atoms with E-state index in [0.717, 1.165) is 12.1 Å². The summed E-state index contributed by atoms with van der Waals surface area (Å²) < 4.78 is 26.0. The van der Waals surface area contributed by atoms with Crippen LogP contribution in [0.5, 0.6) is 0 Å². The summed E-state index contributed by atoms with van der Waals surface area (Å²) in [6, 6.07) is 13.7. The molecule has 156 valence electrons. The average molecular weight is 414 g/mol. The highest BCUT2D eigenvalue weighted by molar-refractivity contribution is 5.97. The Hall–Kier alpha value is -3.80. The molecule has 2 aromatic carbocycles. The molecule has 2 rings (SSSR count). The number of nitrogens with zero attached hydrogens (tertiary/aromatic N) is 2. The maximum atomic E-state index is 13.1. The Morgan fingerprint density at radius 3 is 2.37 bits per heavy atom. The predicted molar refractivity (Wildman–Crippen MR) is 106 cm³/mol. The summed E-state index contributed by atoms with van der Waals surface area (Å²) in [4.78, 5) is 37.7. The van der Waals surface area contributed by atoms with Crippen molar-refractivity contribution in [2.75, 3.05) is 23.3 Å². The second-order valence-corrected chi connectivity index (χ2v) is 6.24. The van der Waals surface area contributed by atoms with Crippen molar-refractivity contribution < 1.29 is 23.2 Å². The van der Waals surface area contributed by atoms with Crippen molar-refractivity contribution in [1.29, 1.82) is 5.26 Å². The van der Waals surface area contributed by atoms with Gasteiger partial charge in [-0.25, -0.2) is 8.78 Å². The second kappa shape index (κ2) is 11.3. The molecule has 30 heavy (non-hydrogen) atoms. The van der Waals surface area contributed by atoms with Crippen LogP contribution in [-0.2, 0) is 14.4 Å². The number of rotatable bonds is 9. The number of benzene rings is 2. The lowest BCUT2D eigenvalue weighted by atomic mass is 10.2. The van der Waals surface area contributed by atoms with Gasteiger partial charge in [0.05, 0.1) is 19.0 Å². The fourth-order valence-electron chi connectivity index (χ4n) is 2.57. The molecule has 0 radical (unpaired) electrons. The van der Waals surface area contributed by atoms with Gasteiger partial charge in [0, 0.05) is 36.8 Å². The Bertz CT molecular complexity index is 945. The normalized spacial score (nSPS) is 10.0. The van der Waals surface area contributed by atoms with Gasteiger partial charge < -0.3 is 15.5 Å². The third kappa shape index (κ3) is 6.98. The molecule has 9 heteroatoms. The number of hydrogen-bond acceptors (Lipinski definition) is 4. The molecular weight excluding hydrogens is 394 g/mol. The number of nitriles is 1. The number of nitrogens with one attached hydrogen (secondary N) is 2. The molecule has 0 bridgehead atoms. The highest BCUT2D eigenvalue weighted by Gasteiger charge is 2.17. The fourth-order valence-corrected chi connectivity index (χ4v) is 2.57. The zero-order valence-corrected chi connectivity index (χ0v) is 16.0. The zero-order valence-electron chi connectivity index (χ0n) is 16.0. The van der Waals surface area contributed by atoms with E-state index in [2.05, 4.69) is 10.6 Å². The van der Waals surface area contributed by atoms with Crippen LogP contribution in [0.15, 0.2) is 48.5 Å². The number of carbonyl (C=O) groups excluding carboxylic acids is 3. The Morgan fingerprint density at radius 1 is 0.967 bits per heavy atom. The van der Waals surface area contributed by atoms with Crippen molar-refractivity contribution in [3.8, 4) is 6.07 Å². The predicted octanol–water partition coefficient (Wildman–Crippen LogP) is 2.75. The van der Waals surface area contributed by atoms with Gasteiger partial charge in [0.2, 0.25) is 17.7 Å². The molecular formula is C21H20F2N4O3. The van der Waals surface area contributed by atoms with Crippen LogP contribution < -0.4 is 15.5 Å². The number of carbonyl (C=O) groups is 3. The summed E-state index contributed by atoms with van der Waals surface area (Å²) in [6.07, 6.45) is -0.0961. The van der Waals surface area contributed by atoms with E-state index in [4.69, 9.17) is 5.26 Å². The molecule has 0 aromatic heterocycles. The highest BCUT2D eigenvalue weighted by atomic mass is 19.2. The molecule has 0 atom stereocenters. The minimum absolute atomic E-state index is 0.0549. The van der Waals surface area contributed by atoms with Crippen LogP contribution in [0.25, 0.3) is 0 Å². The van der Waals surface area contributed by atoms with Crippen LogP contribution in [0.3, 0.4) is 0 Å². The lowest BCUT2D eigenvalue weighted by molar-refractivity contribution is -0.126. The minimum atomic E-state index is -1.10. The van der Waals surface area contributed by atoms with Crippen molar-refractivity contribution in [1.82, 2.24) is 5.32 Å². The summed E-state index contributed by atoms with van der Waals surface area (Å²) in [5.41, 5.74) is 0.684. The molecule has 2 aromatic rings. The molecule has 0 aliphatic heterocycles. The Morgan fingerprint density at radius 2 is 1.70 bits per heavy atom. The summed E-state index contributed by atoms with van der Waals surface area (Å²) in [7, 11) is 0. The first-order valence-corrected chi connectivity index (χ1v) is 9.14. The molecule has 0 saturated heterocycles. The van der Waals surface area contributed by atoms with Gasteiger partial charge in [0.15, 0.2) is 11.6 Å². The van der Waals surface area contributed by atoms with E-state index in [1.165, 1.54) is 11.0 Å². The van der Waals surface area contributed by atoms with Gasteiger partial charge in [0.1, 0.15) is 0 Å². The number of para-hydroxylation sites is 1. The first-order chi connectivity index (χ1) is 14.4. The highest BCUT2D eigenvalue weighted by Crippen LogP contribution is 2.16. The van der Waals surface area contributed by atoms with Gasteiger partial charge >= 0.3 is 0 Å². The standard InChI is InChI=1S/C21H20F2N4O3/c22-17-8-7-15(13-18(17)23)26-20(29)14-25-19(28)9-10-21(30)27(12-4-11-24)16-5-2-1-3-6-16/h1-3,5-8,13H,4,9-10,12,14H2,(H,25,28)(H,26,29). The van der Waals surface area contributed by atoms with Gasteiger partial charge in [-0.2, -0.15) is 5.26 Å². The molecule has 0 aliphatic rings. The smallest absolute Gasteiger partial charge is 0.243 e. The van der Waals surface area contributed by atoms with Gasteiger partial charge in [-0.15, -0.1) is 0 Å². The molecule has 0 heterocycles. The molecule has 0 aliphatic carbocycles. The van der Waals surface area contributed by atoms with Crippen LogP contribution in [0.4, 0.5) is 20.2 Å². The van der Waals surface area contributed by atoms with Crippen molar-refractivity contribution in [2.24, 2.45) is 0 Å². The van der Waals surface area contributed by atoms with Crippen molar-refractivity contribution in [2.45, 2.75) is 19.3 Å². The van der Waals surface area contributed by atoms with Crippen molar-refractivity contribution >= 4 is 29.1 Å². The lowest BCUT2D eigenvalue weighted by Gasteiger charge is -2.21. The summed E-state index contributed by atoms with van der Waals surface area (Å²) in [5.74, 6) is -3.60. The Balaban J connectivity index is 1.80. The molecule has 2 N–H and O–H groups in total. The fraction of sp³-hybridized carbons (Fsp3) is 0.238. The lowest BCUT2D eigenvalue weighted by Crippen LogP contribution is -2.35. The summed E-state index contributed by atoms with van der Waals surface area (Å²) in [5, 5.41) is 13.5. The summed E-state index contributed by atoms with van der Waals surface area (Å²) >= 11 is 0. The molecule has 0 unspecified atom stereocenters. The second-order valence-electron chi connectivity index (χ2n) is 6.24. The van der Waals surface area contributed by atoms with E-state index in [1.807, 2.05) is 6.07 Å².